The second-order valence-corrected chi connectivity index (χ2v) is 10.2. The van der Waals surface area contributed by atoms with Crippen molar-refractivity contribution in [2.45, 2.75) is 32.1 Å². The van der Waals surface area contributed by atoms with E-state index < -0.39 is 6.09 Å². The van der Waals surface area contributed by atoms with Gasteiger partial charge >= 0.3 is 6.09 Å². The van der Waals surface area contributed by atoms with Gasteiger partial charge < -0.3 is 30.3 Å². The molecule has 2 heterocycles. The zero-order chi connectivity index (χ0) is 25.3. The molecule has 1 aliphatic heterocycles. The number of hydrogen-bond acceptors (Lipinski definition) is 6. The molecular formula is C27H39N5O4. The first-order valence-corrected chi connectivity index (χ1v) is 13.2. The molecule has 9 heteroatoms. The van der Waals surface area contributed by atoms with Crippen molar-refractivity contribution in [3.8, 4) is 5.88 Å². The van der Waals surface area contributed by atoms with Crippen LogP contribution in [0.5, 0.6) is 5.88 Å². The fourth-order valence-electron chi connectivity index (χ4n) is 5.15. The summed E-state index contributed by atoms with van der Waals surface area (Å²) in [5.41, 5.74) is 1.35. The molecule has 0 radical (unpaired) electrons. The molecule has 0 atom stereocenters. The molecule has 1 saturated heterocycles. The van der Waals surface area contributed by atoms with Gasteiger partial charge in [0.15, 0.2) is 0 Å². The van der Waals surface area contributed by atoms with Crippen LogP contribution in [0.25, 0.3) is 10.9 Å². The highest BCUT2D eigenvalue weighted by atomic mass is 16.5. The van der Waals surface area contributed by atoms with E-state index in [-0.39, 0.29) is 5.91 Å². The van der Waals surface area contributed by atoms with Crippen LogP contribution >= 0.6 is 0 Å². The van der Waals surface area contributed by atoms with Crippen LogP contribution in [0.3, 0.4) is 0 Å². The highest BCUT2D eigenvalue weighted by Crippen LogP contribution is 2.28. The third kappa shape index (κ3) is 7.54. The number of para-hydroxylation sites is 1. The number of aromatic nitrogens is 1. The summed E-state index contributed by atoms with van der Waals surface area (Å²) in [6, 6.07) is 9.45. The lowest BCUT2D eigenvalue weighted by Gasteiger charge is -2.32. The topological polar surface area (TPSA) is 107 Å². The minimum absolute atomic E-state index is 0.106. The summed E-state index contributed by atoms with van der Waals surface area (Å²) < 4.78 is 5.99. The molecule has 2 fully saturated rings. The number of pyridine rings is 1. The Morgan fingerprint density at radius 2 is 1.69 bits per heavy atom. The van der Waals surface area contributed by atoms with Gasteiger partial charge in [0.2, 0.25) is 5.88 Å². The minimum atomic E-state index is -0.965. The van der Waals surface area contributed by atoms with Gasteiger partial charge in [0.05, 0.1) is 17.7 Å². The van der Waals surface area contributed by atoms with E-state index in [1.807, 2.05) is 24.3 Å². The molecule has 1 aromatic carbocycles. The van der Waals surface area contributed by atoms with Crippen LogP contribution in [0.2, 0.25) is 0 Å². The average Bonchev–Trinajstić information content (AvgIpc) is 2.89. The summed E-state index contributed by atoms with van der Waals surface area (Å²) in [5.74, 6) is 1.18. The monoisotopic (exact) mass is 497 g/mol. The van der Waals surface area contributed by atoms with Gasteiger partial charge in [-0.1, -0.05) is 18.2 Å². The first-order valence-electron chi connectivity index (χ1n) is 13.2. The van der Waals surface area contributed by atoms with Gasteiger partial charge in [0.1, 0.15) is 0 Å². The predicted octanol–water partition coefficient (Wildman–Crippen LogP) is 3.05. The molecule has 2 amide bonds. The van der Waals surface area contributed by atoms with Crippen molar-refractivity contribution in [3.63, 3.8) is 0 Å². The molecule has 2 aromatic rings. The summed E-state index contributed by atoms with van der Waals surface area (Å²) in [4.78, 5) is 33.3. The zero-order valence-corrected chi connectivity index (χ0v) is 21.2. The van der Waals surface area contributed by atoms with Crippen LogP contribution < -0.4 is 15.4 Å². The summed E-state index contributed by atoms with van der Waals surface area (Å²) in [5, 5.41) is 15.2. The van der Waals surface area contributed by atoms with Gasteiger partial charge in [-0.2, -0.15) is 0 Å². The maximum Gasteiger partial charge on any atom is 0.404 e. The number of amides is 2. The lowest BCUT2D eigenvalue weighted by molar-refractivity contribution is 0.0942. The van der Waals surface area contributed by atoms with Crippen LogP contribution in [-0.4, -0.2) is 91.4 Å². The quantitative estimate of drug-likeness (QED) is 0.433. The Morgan fingerprint density at radius 3 is 2.39 bits per heavy atom. The number of likely N-dealkylation sites (N-methyl/N-ethyl adjacent to an activating group) is 1. The average molecular weight is 498 g/mol. The van der Waals surface area contributed by atoms with Crippen molar-refractivity contribution in [2.75, 3.05) is 59.5 Å². The number of hydrogen-bond donors (Lipinski definition) is 3. The van der Waals surface area contributed by atoms with Crippen molar-refractivity contribution in [3.05, 3.63) is 35.9 Å². The van der Waals surface area contributed by atoms with Gasteiger partial charge in [0, 0.05) is 57.3 Å². The SMILES string of the molecule is CN1CCN(CCCOc2cc(C(=O)NC[C@H]3CC[C@H](CNC(=O)O)CC3)c3ccccc3n2)CC1. The molecule has 1 saturated carbocycles. The largest absolute Gasteiger partial charge is 0.478 e. The van der Waals surface area contributed by atoms with E-state index >= 15 is 0 Å². The van der Waals surface area contributed by atoms with E-state index in [2.05, 4.69) is 32.5 Å². The van der Waals surface area contributed by atoms with E-state index in [0.29, 0.717) is 43.0 Å². The Labute approximate surface area is 213 Å². The molecular weight excluding hydrogens is 458 g/mol. The maximum atomic E-state index is 13.2. The Bertz CT molecular complexity index is 1020. The van der Waals surface area contributed by atoms with Gasteiger partial charge in [-0.25, -0.2) is 9.78 Å². The Hall–Kier alpha value is -2.91. The van der Waals surface area contributed by atoms with Gasteiger partial charge in [-0.15, -0.1) is 0 Å². The fraction of sp³-hybridized carbons (Fsp3) is 0.593. The van der Waals surface area contributed by atoms with Crippen LogP contribution in [0.4, 0.5) is 4.79 Å². The van der Waals surface area contributed by atoms with E-state index in [0.717, 1.165) is 75.7 Å². The Kier molecular flexibility index (Phi) is 9.35. The number of nitrogens with one attached hydrogen (secondary N) is 2. The molecule has 0 bridgehead atoms. The Morgan fingerprint density at radius 1 is 1.03 bits per heavy atom. The molecule has 3 N–H and O–H groups in total. The third-order valence-corrected chi connectivity index (χ3v) is 7.46. The van der Waals surface area contributed by atoms with E-state index in [9.17, 15) is 9.59 Å². The standard InChI is InChI=1S/C27H39N5O4/c1-31-12-14-32(15-13-31)11-4-16-36-25-17-23(22-5-2-3-6-24(22)30-25)26(33)28-18-20-7-9-21(10-8-20)19-29-27(34)35/h2-3,5-6,17,20-21,29H,4,7-16,18-19H2,1H3,(H,28,33)(H,34,35)/t20-,21-. The number of ether oxygens (including phenoxy) is 1. The van der Waals surface area contributed by atoms with Crippen molar-refractivity contribution in [1.29, 1.82) is 0 Å². The number of nitrogens with zero attached hydrogens (tertiary/aromatic N) is 3. The maximum absolute atomic E-state index is 13.2. The molecule has 0 spiro atoms. The van der Waals surface area contributed by atoms with Crippen LogP contribution in [-0.2, 0) is 0 Å². The second-order valence-electron chi connectivity index (χ2n) is 10.2. The number of fused-ring (bicyclic) bond motifs is 1. The minimum Gasteiger partial charge on any atom is -0.478 e. The normalized spacial score (nSPS) is 21.2. The van der Waals surface area contributed by atoms with E-state index in [1.165, 1.54) is 0 Å². The van der Waals surface area contributed by atoms with Crippen molar-refractivity contribution >= 4 is 22.9 Å². The van der Waals surface area contributed by atoms with Gasteiger partial charge in [0.25, 0.3) is 5.91 Å². The molecule has 4 rings (SSSR count). The number of benzene rings is 1. The molecule has 36 heavy (non-hydrogen) atoms. The van der Waals surface area contributed by atoms with Crippen molar-refractivity contribution in [1.82, 2.24) is 25.4 Å². The van der Waals surface area contributed by atoms with Crippen molar-refractivity contribution in [2.24, 2.45) is 11.8 Å². The number of carbonyl (C=O) groups is 2. The predicted molar refractivity (Wildman–Crippen MR) is 140 cm³/mol. The summed E-state index contributed by atoms with van der Waals surface area (Å²) in [6.45, 7) is 7.10. The number of piperazine rings is 1. The number of rotatable bonds is 10. The highest BCUT2D eigenvalue weighted by Gasteiger charge is 2.23. The fourth-order valence-corrected chi connectivity index (χ4v) is 5.15. The first kappa shape index (κ1) is 26.2. The highest BCUT2D eigenvalue weighted by molar-refractivity contribution is 6.06. The van der Waals surface area contributed by atoms with Gasteiger partial charge in [-0.3, -0.25) is 4.79 Å². The van der Waals surface area contributed by atoms with Crippen LogP contribution in [0, 0.1) is 11.8 Å². The van der Waals surface area contributed by atoms with Gasteiger partial charge in [-0.05, 0) is 57.1 Å². The molecule has 196 valence electrons. The lowest BCUT2D eigenvalue weighted by Crippen LogP contribution is -2.44. The molecule has 9 nitrogen and oxygen atoms in total. The van der Waals surface area contributed by atoms with Crippen molar-refractivity contribution < 1.29 is 19.4 Å². The Balaban J connectivity index is 1.29. The zero-order valence-electron chi connectivity index (χ0n) is 21.2. The molecule has 1 aromatic heterocycles. The molecule has 0 unspecified atom stereocenters. The first-order chi connectivity index (χ1) is 17.5. The smallest absolute Gasteiger partial charge is 0.404 e. The number of carboxylic acid groups (broad SMARTS) is 1. The second kappa shape index (κ2) is 12.9. The summed E-state index contributed by atoms with van der Waals surface area (Å²) in [6.07, 6.45) is 3.89. The summed E-state index contributed by atoms with van der Waals surface area (Å²) >= 11 is 0. The van der Waals surface area contributed by atoms with E-state index in [1.54, 1.807) is 6.07 Å². The summed E-state index contributed by atoms with van der Waals surface area (Å²) in [7, 11) is 2.16. The van der Waals surface area contributed by atoms with E-state index in [4.69, 9.17) is 9.84 Å². The van der Waals surface area contributed by atoms with Crippen LogP contribution in [0.1, 0.15) is 42.5 Å². The van der Waals surface area contributed by atoms with Crippen LogP contribution in [0.15, 0.2) is 30.3 Å². The number of carbonyl (C=O) groups excluding carboxylic acids is 1. The third-order valence-electron chi connectivity index (χ3n) is 7.46. The molecule has 2 aliphatic rings. The molecule has 1 aliphatic carbocycles. The lowest BCUT2D eigenvalue weighted by atomic mass is 9.82.